The van der Waals surface area contributed by atoms with E-state index in [4.69, 9.17) is 4.74 Å². The fraction of sp³-hybridized carbons (Fsp3) is 0.286. The molecule has 112 valence electrons. The van der Waals surface area contributed by atoms with E-state index in [0.717, 1.165) is 6.07 Å². The summed E-state index contributed by atoms with van der Waals surface area (Å²) in [6.45, 7) is 1.45. The average molecular weight is 299 g/mol. The first-order valence-corrected chi connectivity index (χ1v) is 6.04. The van der Waals surface area contributed by atoms with Gasteiger partial charge < -0.3 is 9.47 Å². The lowest BCUT2D eigenvalue weighted by atomic mass is 10.1. The van der Waals surface area contributed by atoms with Crippen molar-refractivity contribution in [1.82, 2.24) is 4.98 Å². The zero-order chi connectivity index (χ0) is 15.6. The first-order valence-electron chi connectivity index (χ1n) is 6.04. The number of aromatic nitrogens is 1. The number of esters is 1. The van der Waals surface area contributed by atoms with Crippen LogP contribution < -0.4 is 4.74 Å². The van der Waals surface area contributed by atoms with Crippen molar-refractivity contribution >= 4 is 16.9 Å². The molecule has 0 aliphatic heterocycles. The number of carbonyl (C=O) groups excluding carboxylic acids is 1. The molecule has 7 heteroatoms. The molecule has 0 spiro atoms. The number of hydrogen-bond donors (Lipinski definition) is 0. The lowest BCUT2D eigenvalue weighted by Crippen LogP contribution is -2.25. The van der Waals surface area contributed by atoms with Crippen LogP contribution in [0.3, 0.4) is 0 Å². The lowest BCUT2D eigenvalue weighted by Gasteiger charge is -2.15. The summed E-state index contributed by atoms with van der Waals surface area (Å²) in [6, 6.07) is 5.07. The number of alkyl halides is 3. The minimum Gasteiger partial charge on any atom is -0.478 e. The van der Waals surface area contributed by atoms with Crippen molar-refractivity contribution < 1.29 is 27.4 Å². The SMILES string of the molecule is COC(=O)C(C)Oc1ccnc2c(C(F)(F)F)cccc12. The average Bonchev–Trinajstić information content (AvgIpc) is 2.45. The molecule has 0 aliphatic rings. The molecule has 1 aromatic carbocycles. The number of benzene rings is 1. The van der Waals surface area contributed by atoms with Crippen molar-refractivity contribution in [3.8, 4) is 5.75 Å². The Hall–Kier alpha value is -2.31. The largest absolute Gasteiger partial charge is 0.478 e. The highest BCUT2D eigenvalue weighted by Gasteiger charge is 2.33. The summed E-state index contributed by atoms with van der Waals surface area (Å²) in [7, 11) is 1.20. The van der Waals surface area contributed by atoms with Crippen LogP contribution in [0.15, 0.2) is 30.5 Å². The summed E-state index contributed by atoms with van der Waals surface area (Å²) < 4.78 is 48.7. The van der Waals surface area contributed by atoms with E-state index in [1.807, 2.05) is 0 Å². The molecule has 4 nitrogen and oxygen atoms in total. The summed E-state index contributed by atoms with van der Waals surface area (Å²) in [4.78, 5) is 15.1. The third-order valence-electron chi connectivity index (χ3n) is 2.87. The third-order valence-corrected chi connectivity index (χ3v) is 2.87. The summed E-state index contributed by atoms with van der Waals surface area (Å²) >= 11 is 0. The second-order valence-electron chi connectivity index (χ2n) is 4.29. The van der Waals surface area contributed by atoms with Gasteiger partial charge in [0, 0.05) is 11.6 Å². The molecule has 0 saturated carbocycles. The van der Waals surface area contributed by atoms with Gasteiger partial charge in [0.1, 0.15) is 5.75 Å². The molecule has 0 bridgehead atoms. The molecule has 0 amide bonds. The van der Waals surface area contributed by atoms with E-state index < -0.39 is 23.8 Å². The predicted molar refractivity (Wildman–Crippen MR) is 68.9 cm³/mol. The van der Waals surface area contributed by atoms with Crippen LogP contribution in [0.2, 0.25) is 0 Å². The van der Waals surface area contributed by atoms with Crippen LogP contribution in [0.5, 0.6) is 5.75 Å². The van der Waals surface area contributed by atoms with Crippen molar-refractivity contribution in [2.75, 3.05) is 7.11 Å². The van der Waals surface area contributed by atoms with Gasteiger partial charge in [0.05, 0.1) is 18.2 Å². The molecular formula is C14H12F3NO3. The molecule has 0 aliphatic carbocycles. The first-order chi connectivity index (χ1) is 9.84. The number of hydrogen-bond acceptors (Lipinski definition) is 4. The van der Waals surface area contributed by atoms with Crippen molar-refractivity contribution in [2.45, 2.75) is 19.2 Å². The molecule has 0 radical (unpaired) electrons. The molecular weight excluding hydrogens is 287 g/mol. The second kappa shape index (κ2) is 5.59. The molecule has 1 aromatic heterocycles. The topological polar surface area (TPSA) is 48.4 Å². The van der Waals surface area contributed by atoms with Gasteiger partial charge >= 0.3 is 12.1 Å². The van der Waals surface area contributed by atoms with Gasteiger partial charge in [-0.15, -0.1) is 0 Å². The van der Waals surface area contributed by atoms with Crippen molar-refractivity contribution in [1.29, 1.82) is 0 Å². The van der Waals surface area contributed by atoms with Gasteiger partial charge in [0.25, 0.3) is 0 Å². The highest BCUT2D eigenvalue weighted by atomic mass is 19.4. The number of nitrogens with zero attached hydrogens (tertiary/aromatic N) is 1. The smallest absolute Gasteiger partial charge is 0.418 e. The maximum atomic E-state index is 12.9. The number of rotatable bonds is 3. The van der Waals surface area contributed by atoms with Gasteiger partial charge in [0.15, 0.2) is 6.10 Å². The van der Waals surface area contributed by atoms with Gasteiger partial charge in [-0.3, -0.25) is 4.98 Å². The lowest BCUT2D eigenvalue weighted by molar-refractivity contribution is -0.147. The Morgan fingerprint density at radius 2 is 2.00 bits per heavy atom. The zero-order valence-corrected chi connectivity index (χ0v) is 11.3. The van der Waals surface area contributed by atoms with E-state index in [2.05, 4.69) is 9.72 Å². The van der Waals surface area contributed by atoms with Gasteiger partial charge in [-0.2, -0.15) is 13.2 Å². The fourth-order valence-electron chi connectivity index (χ4n) is 1.89. The van der Waals surface area contributed by atoms with Crippen LogP contribution in [0.25, 0.3) is 10.9 Å². The maximum absolute atomic E-state index is 12.9. The van der Waals surface area contributed by atoms with Crippen LogP contribution in [0.1, 0.15) is 12.5 Å². The van der Waals surface area contributed by atoms with E-state index >= 15 is 0 Å². The zero-order valence-electron chi connectivity index (χ0n) is 11.3. The summed E-state index contributed by atoms with van der Waals surface area (Å²) in [5.41, 5.74) is -1.07. The Morgan fingerprint density at radius 3 is 2.62 bits per heavy atom. The summed E-state index contributed by atoms with van der Waals surface area (Å²) in [5.74, 6) is -0.476. The summed E-state index contributed by atoms with van der Waals surface area (Å²) in [6.07, 6.45) is -4.24. The molecule has 0 saturated heterocycles. The minimum atomic E-state index is -4.51. The maximum Gasteiger partial charge on any atom is 0.418 e. The molecule has 1 heterocycles. The number of carbonyl (C=O) groups is 1. The Morgan fingerprint density at radius 1 is 1.29 bits per heavy atom. The number of fused-ring (bicyclic) bond motifs is 1. The van der Waals surface area contributed by atoms with Crippen LogP contribution in [-0.4, -0.2) is 24.2 Å². The molecule has 1 atom stereocenters. The van der Waals surface area contributed by atoms with Crippen LogP contribution in [0, 0.1) is 0 Å². The van der Waals surface area contributed by atoms with Crippen molar-refractivity contribution in [3.05, 3.63) is 36.0 Å². The van der Waals surface area contributed by atoms with E-state index in [1.165, 1.54) is 38.4 Å². The monoisotopic (exact) mass is 299 g/mol. The summed E-state index contributed by atoms with van der Waals surface area (Å²) in [5, 5.41) is 0.183. The van der Waals surface area contributed by atoms with Gasteiger partial charge in [-0.25, -0.2) is 4.79 Å². The predicted octanol–water partition coefficient (Wildman–Crippen LogP) is 3.19. The van der Waals surface area contributed by atoms with E-state index in [0.29, 0.717) is 0 Å². The first kappa shape index (κ1) is 15.1. The van der Waals surface area contributed by atoms with Crippen LogP contribution in [0.4, 0.5) is 13.2 Å². The Kier molecular flexibility index (Phi) is 4.02. The molecule has 0 N–H and O–H groups in total. The highest BCUT2D eigenvalue weighted by Crippen LogP contribution is 2.36. The molecule has 21 heavy (non-hydrogen) atoms. The second-order valence-corrected chi connectivity index (χ2v) is 4.29. The molecule has 0 fully saturated rings. The number of pyridine rings is 1. The minimum absolute atomic E-state index is 0.143. The normalized spacial score (nSPS) is 13.0. The van der Waals surface area contributed by atoms with Crippen LogP contribution >= 0.6 is 0 Å². The molecule has 2 rings (SSSR count). The van der Waals surface area contributed by atoms with E-state index in [-0.39, 0.29) is 16.7 Å². The fourth-order valence-corrected chi connectivity index (χ4v) is 1.89. The quantitative estimate of drug-likeness (QED) is 0.817. The van der Waals surface area contributed by atoms with Crippen molar-refractivity contribution in [2.24, 2.45) is 0 Å². The Bertz CT molecular complexity index is 670. The van der Waals surface area contributed by atoms with Crippen LogP contribution in [-0.2, 0) is 15.7 Å². The molecule has 2 aromatic rings. The third kappa shape index (κ3) is 3.07. The number of halogens is 3. The van der Waals surface area contributed by atoms with E-state index in [1.54, 1.807) is 0 Å². The highest BCUT2D eigenvalue weighted by molar-refractivity contribution is 5.88. The number of para-hydroxylation sites is 1. The van der Waals surface area contributed by atoms with E-state index in [9.17, 15) is 18.0 Å². The van der Waals surface area contributed by atoms with Gasteiger partial charge in [-0.1, -0.05) is 6.07 Å². The number of methoxy groups -OCH3 is 1. The van der Waals surface area contributed by atoms with Gasteiger partial charge in [-0.05, 0) is 25.1 Å². The Balaban J connectivity index is 2.50. The standard InChI is InChI=1S/C14H12F3NO3/c1-8(13(19)20-2)21-11-6-7-18-12-9(11)4-3-5-10(12)14(15,16)17/h3-8H,1-2H3. The van der Waals surface area contributed by atoms with Gasteiger partial charge in [0.2, 0.25) is 0 Å². The Labute approximate surface area is 118 Å². The van der Waals surface area contributed by atoms with Crippen molar-refractivity contribution in [3.63, 3.8) is 0 Å². The molecule has 1 unspecified atom stereocenters. The number of ether oxygens (including phenoxy) is 2.